The van der Waals surface area contributed by atoms with Gasteiger partial charge in [0, 0.05) is 26.6 Å². The van der Waals surface area contributed by atoms with Gasteiger partial charge in [-0.25, -0.2) is 19.7 Å². The molecule has 2 aromatic rings. The average Bonchev–Trinajstić information content (AvgIpc) is 3.09. The lowest BCUT2D eigenvalue weighted by Crippen LogP contribution is -2.53. The Kier molecular flexibility index (Phi) is 5.47. The van der Waals surface area contributed by atoms with E-state index in [2.05, 4.69) is 20.3 Å². The standard InChI is InChI=1S/C18H25N7O4/c1-28-10-25-9-20-15-16(19)21-12(22-17(15)25)3-2-11-4-6-24(7-5-11)18(27)29-14-8-13(26)23-14/h9,11,14H,2-8,10H2,1H3,(H,23,26)(H2,19,21,22). The molecule has 2 amide bonds. The highest BCUT2D eigenvalue weighted by molar-refractivity contribution is 5.83. The molecule has 2 aliphatic rings. The van der Waals surface area contributed by atoms with E-state index in [1.54, 1.807) is 22.9 Å². The maximum absolute atomic E-state index is 12.1. The number of rotatable bonds is 6. The van der Waals surface area contributed by atoms with Crippen LogP contribution in [0.3, 0.4) is 0 Å². The highest BCUT2D eigenvalue weighted by Crippen LogP contribution is 2.24. The number of likely N-dealkylation sites (tertiary alicyclic amines) is 1. The molecule has 0 spiro atoms. The topological polar surface area (TPSA) is 137 Å². The van der Waals surface area contributed by atoms with Crippen LogP contribution in [0.1, 0.15) is 31.5 Å². The quantitative estimate of drug-likeness (QED) is 0.670. The van der Waals surface area contributed by atoms with Gasteiger partial charge in [0.25, 0.3) is 0 Å². The molecule has 0 saturated carbocycles. The summed E-state index contributed by atoms with van der Waals surface area (Å²) in [5.41, 5.74) is 7.30. The van der Waals surface area contributed by atoms with Crippen molar-refractivity contribution in [2.45, 2.75) is 45.1 Å². The van der Waals surface area contributed by atoms with Crippen LogP contribution in [0.2, 0.25) is 0 Å². The maximum Gasteiger partial charge on any atom is 0.411 e. The Morgan fingerprint density at radius 1 is 1.34 bits per heavy atom. The molecule has 0 bridgehead atoms. The number of methoxy groups -OCH3 is 1. The van der Waals surface area contributed by atoms with Crippen LogP contribution in [-0.2, 0) is 27.4 Å². The van der Waals surface area contributed by atoms with Crippen LogP contribution in [0, 0.1) is 5.92 Å². The number of nitrogens with two attached hydrogens (primary N) is 1. The first-order valence-electron chi connectivity index (χ1n) is 9.74. The molecule has 4 heterocycles. The minimum Gasteiger partial charge on any atom is -0.425 e. The van der Waals surface area contributed by atoms with Gasteiger partial charge in [-0.1, -0.05) is 0 Å². The normalized spacial score (nSPS) is 19.8. The lowest BCUT2D eigenvalue weighted by molar-refractivity contribution is -0.136. The lowest BCUT2D eigenvalue weighted by Gasteiger charge is -2.34. The summed E-state index contributed by atoms with van der Waals surface area (Å²) < 4.78 is 12.2. The van der Waals surface area contributed by atoms with Gasteiger partial charge in [-0.05, 0) is 25.2 Å². The number of piperidine rings is 1. The van der Waals surface area contributed by atoms with Crippen LogP contribution in [0.4, 0.5) is 10.6 Å². The fourth-order valence-electron chi connectivity index (χ4n) is 3.69. The predicted molar refractivity (Wildman–Crippen MR) is 102 cm³/mol. The van der Waals surface area contributed by atoms with Gasteiger partial charge in [0.1, 0.15) is 18.1 Å². The fraction of sp³-hybridized carbons (Fsp3) is 0.611. The second-order valence-electron chi connectivity index (χ2n) is 7.44. The molecule has 156 valence electrons. The summed E-state index contributed by atoms with van der Waals surface area (Å²) in [4.78, 5) is 37.9. The van der Waals surface area contributed by atoms with E-state index >= 15 is 0 Å². The Bertz CT molecular complexity index is 899. The third-order valence-electron chi connectivity index (χ3n) is 5.39. The second-order valence-corrected chi connectivity index (χ2v) is 7.44. The largest absolute Gasteiger partial charge is 0.425 e. The summed E-state index contributed by atoms with van der Waals surface area (Å²) in [7, 11) is 1.61. The van der Waals surface area contributed by atoms with Crippen molar-refractivity contribution in [1.29, 1.82) is 0 Å². The van der Waals surface area contributed by atoms with Crippen molar-refractivity contribution in [3.63, 3.8) is 0 Å². The Morgan fingerprint density at radius 2 is 2.10 bits per heavy atom. The molecule has 2 aromatic heterocycles. The predicted octanol–water partition coefficient (Wildman–Crippen LogP) is 0.640. The molecule has 0 aliphatic carbocycles. The number of fused-ring (bicyclic) bond motifs is 1. The van der Waals surface area contributed by atoms with Gasteiger partial charge in [-0.3, -0.25) is 9.36 Å². The highest BCUT2D eigenvalue weighted by atomic mass is 16.6. The number of hydrogen-bond acceptors (Lipinski definition) is 8. The van der Waals surface area contributed by atoms with Crippen LogP contribution in [0.5, 0.6) is 0 Å². The number of ether oxygens (including phenoxy) is 2. The molecule has 11 nitrogen and oxygen atoms in total. The first kappa shape index (κ1) is 19.4. The van der Waals surface area contributed by atoms with Crippen molar-refractivity contribution in [2.75, 3.05) is 25.9 Å². The zero-order valence-electron chi connectivity index (χ0n) is 16.3. The highest BCUT2D eigenvalue weighted by Gasteiger charge is 2.31. The van der Waals surface area contributed by atoms with Crippen LogP contribution < -0.4 is 11.1 Å². The van der Waals surface area contributed by atoms with E-state index in [1.807, 2.05) is 0 Å². The van der Waals surface area contributed by atoms with Crippen molar-refractivity contribution >= 4 is 29.0 Å². The molecular formula is C18H25N7O4. The molecule has 1 unspecified atom stereocenters. The third-order valence-corrected chi connectivity index (χ3v) is 5.39. The van der Waals surface area contributed by atoms with Crippen molar-refractivity contribution < 1.29 is 19.1 Å². The van der Waals surface area contributed by atoms with Crippen LogP contribution >= 0.6 is 0 Å². The lowest BCUT2D eigenvalue weighted by atomic mass is 9.92. The average molecular weight is 403 g/mol. The number of amides is 2. The summed E-state index contributed by atoms with van der Waals surface area (Å²) >= 11 is 0. The molecule has 4 rings (SSSR count). The molecule has 29 heavy (non-hydrogen) atoms. The first-order chi connectivity index (χ1) is 14.0. The van der Waals surface area contributed by atoms with Crippen LogP contribution in [0.15, 0.2) is 6.33 Å². The number of nitrogens with zero attached hydrogens (tertiary/aromatic N) is 5. The zero-order valence-corrected chi connectivity index (χ0v) is 16.3. The second kappa shape index (κ2) is 8.19. The number of hydrogen-bond donors (Lipinski definition) is 2. The van der Waals surface area contributed by atoms with Gasteiger partial charge in [0.2, 0.25) is 5.91 Å². The van der Waals surface area contributed by atoms with E-state index in [9.17, 15) is 9.59 Å². The number of β-lactam (4-membered cyclic amide) rings is 1. The number of aryl methyl sites for hydroxylation is 1. The maximum atomic E-state index is 12.1. The molecule has 2 fully saturated rings. The zero-order chi connectivity index (χ0) is 20.4. The number of aromatic nitrogens is 4. The summed E-state index contributed by atoms with van der Waals surface area (Å²) in [5, 5.41) is 2.54. The SMILES string of the molecule is COCn1cnc2c(N)nc(CCC3CCN(C(=O)OC4CC(=O)N4)CC3)nc21. The first-order valence-corrected chi connectivity index (χ1v) is 9.74. The fourth-order valence-corrected chi connectivity index (χ4v) is 3.69. The van der Waals surface area contributed by atoms with Gasteiger partial charge in [-0.15, -0.1) is 0 Å². The minimum atomic E-state index is -0.475. The van der Waals surface area contributed by atoms with E-state index in [0.717, 1.165) is 19.3 Å². The van der Waals surface area contributed by atoms with Crippen LogP contribution in [-0.4, -0.2) is 62.8 Å². The van der Waals surface area contributed by atoms with Gasteiger partial charge < -0.3 is 25.4 Å². The molecule has 2 aliphatic heterocycles. The van der Waals surface area contributed by atoms with E-state index < -0.39 is 6.23 Å². The molecule has 1 atom stereocenters. The number of imidazole rings is 1. The van der Waals surface area contributed by atoms with Gasteiger partial charge in [0.15, 0.2) is 17.7 Å². The molecule has 0 radical (unpaired) electrons. The Labute approximate surface area is 167 Å². The summed E-state index contributed by atoms with van der Waals surface area (Å²) in [6, 6.07) is 0. The van der Waals surface area contributed by atoms with Gasteiger partial charge in [0.05, 0.1) is 12.7 Å². The molecule has 0 aromatic carbocycles. The summed E-state index contributed by atoms with van der Waals surface area (Å²) in [6.45, 7) is 1.64. The van der Waals surface area contributed by atoms with E-state index in [-0.39, 0.29) is 18.4 Å². The van der Waals surface area contributed by atoms with Crippen molar-refractivity contribution in [1.82, 2.24) is 29.7 Å². The number of nitrogen functional groups attached to an aromatic ring is 1. The molecular weight excluding hydrogens is 378 g/mol. The molecule has 2 saturated heterocycles. The number of anilines is 1. The Morgan fingerprint density at radius 3 is 2.79 bits per heavy atom. The smallest absolute Gasteiger partial charge is 0.411 e. The van der Waals surface area contributed by atoms with Gasteiger partial charge in [-0.2, -0.15) is 0 Å². The van der Waals surface area contributed by atoms with Crippen molar-refractivity contribution in [2.24, 2.45) is 5.92 Å². The third kappa shape index (κ3) is 4.24. The van der Waals surface area contributed by atoms with E-state index in [1.165, 1.54) is 0 Å². The Hall–Kier alpha value is -2.95. The molecule has 11 heteroatoms. The van der Waals surface area contributed by atoms with Crippen molar-refractivity contribution in [3.8, 4) is 0 Å². The number of carbonyl (C=O) groups excluding carboxylic acids is 2. The van der Waals surface area contributed by atoms with Crippen molar-refractivity contribution in [3.05, 3.63) is 12.2 Å². The Balaban J connectivity index is 1.28. The monoisotopic (exact) mass is 403 g/mol. The van der Waals surface area contributed by atoms with E-state index in [4.69, 9.17) is 15.2 Å². The van der Waals surface area contributed by atoms with Gasteiger partial charge >= 0.3 is 6.09 Å². The number of nitrogens with one attached hydrogen (secondary N) is 1. The molecule has 3 N–H and O–H groups in total. The summed E-state index contributed by atoms with van der Waals surface area (Å²) in [6.07, 6.45) is 4.48. The van der Waals surface area contributed by atoms with Crippen LogP contribution in [0.25, 0.3) is 11.2 Å². The summed E-state index contributed by atoms with van der Waals surface area (Å²) in [5.74, 6) is 1.45. The number of carbonyl (C=O) groups is 2. The van der Waals surface area contributed by atoms with E-state index in [0.29, 0.717) is 55.0 Å². The minimum absolute atomic E-state index is 0.0900.